The van der Waals surface area contributed by atoms with E-state index < -0.39 is 41.3 Å². The predicted octanol–water partition coefficient (Wildman–Crippen LogP) is 5.64. The molecule has 0 aromatic heterocycles. The van der Waals surface area contributed by atoms with Gasteiger partial charge in [-0.25, -0.2) is 8.78 Å². The number of benzene rings is 2. The Hall–Kier alpha value is -3.04. The molecular formula is C30H37F2NO6. The number of nitrogens with zero attached hydrogens (tertiary/aromatic N) is 1. The molecule has 7 nitrogen and oxygen atoms in total. The molecule has 2 heterocycles. The lowest BCUT2D eigenvalue weighted by molar-refractivity contribution is -0.153. The standard InChI is InChI=1S/C30H37F2NO6/c1-18-6-8-24-27(38-18)23-14-20(7-9-25(23)39-30(24,4)11-5-10-29(2,3)37)28(36)33(17-26(34)35)16-19-12-21(31)15-22(32)13-19/h7,9,12-15,18,24,27,37H,5-6,8,10-11,16-17H2,1-4H3,(H,34,35)/t18-,24-,27+,30+/m1/s1. The summed E-state index contributed by atoms with van der Waals surface area (Å²) < 4.78 is 40.4. The van der Waals surface area contributed by atoms with Crippen LogP contribution in [0.1, 0.15) is 87.4 Å². The summed E-state index contributed by atoms with van der Waals surface area (Å²) in [6.45, 7) is 6.76. The van der Waals surface area contributed by atoms with E-state index in [2.05, 4.69) is 6.92 Å². The fourth-order valence-corrected chi connectivity index (χ4v) is 5.79. The maximum atomic E-state index is 13.7. The second-order valence-electron chi connectivity index (χ2n) is 11.7. The zero-order valence-electron chi connectivity index (χ0n) is 22.9. The smallest absolute Gasteiger partial charge is 0.323 e. The summed E-state index contributed by atoms with van der Waals surface area (Å²) in [5, 5.41) is 19.6. The average Bonchev–Trinajstić information content (AvgIpc) is 2.81. The number of halogens is 2. The van der Waals surface area contributed by atoms with E-state index in [1.54, 1.807) is 32.0 Å². The Labute approximate surface area is 227 Å². The summed E-state index contributed by atoms with van der Waals surface area (Å²) in [6.07, 6.45) is 3.58. The third-order valence-corrected chi connectivity index (χ3v) is 7.69. The highest BCUT2D eigenvalue weighted by Crippen LogP contribution is 2.52. The van der Waals surface area contributed by atoms with Crippen molar-refractivity contribution in [2.75, 3.05) is 6.54 Å². The highest BCUT2D eigenvalue weighted by atomic mass is 19.1. The summed E-state index contributed by atoms with van der Waals surface area (Å²) in [5.41, 5.74) is -0.180. The van der Waals surface area contributed by atoms with Gasteiger partial charge in [0.1, 0.15) is 29.5 Å². The van der Waals surface area contributed by atoms with Crippen LogP contribution >= 0.6 is 0 Å². The Kier molecular flexibility index (Phi) is 8.33. The predicted molar refractivity (Wildman–Crippen MR) is 140 cm³/mol. The van der Waals surface area contributed by atoms with Crippen molar-refractivity contribution in [1.29, 1.82) is 0 Å². The number of ether oxygens (including phenoxy) is 2. The topological polar surface area (TPSA) is 96.3 Å². The van der Waals surface area contributed by atoms with Gasteiger partial charge in [-0.1, -0.05) is 0 Å². The van der Waals surface area contributed by atoms with Crippen LogP contribution in [0.5, 0.6) is 5.75 Å². The number of hydrogen-bond acceptors (Lipinski definition) is 5. The Morgan fingerprint density at radius 1 is 1.13 bits per heavy atom. The second-order valence-corrected chi connectivity index (χ2v) is 11.7. The molecule has 0 bridgehead atoms. The van der Waals surface area contributed by atoms with Gasteiger partial charge in [0.05, 0.1) is 17.8 Å². The van der Waals surface area contributed by atoms with E-state index in [0.717, 1.165) is 54.3 Å². The molecule has 4 rings (SSSR count). The number of carboxylic acids is 1. The number of carbonyl (C=O) groups excluding carboxylic acids is 1. The maximum Gasteiger partial charge on any atom is 0.323 e. The Morgan fingerprint density at radius 2 is 1.82 bits per heavy atom. The van der Waals surface area contributed by atoms with Gasteiger partial charge in [0, 0.05) is 29.7 Å². The zero-order valence-corrected chi connectivity index (χ0v) is 22.9. The molecule has 1 fully saturated rings. The average molecular weight is 546 g/mol. The number of hydrogen-bond donors (Lipinski definition) is 2. The Balaban J connectivity index is 1.63. The lowest BCUT2D eigenvalue weighted by atomic mass is 9.72. The first-order chi connectivity index (χ1) is 18.2. The third kappa shape index (κ3) is 6.94. The van der Waals surface area contributed by atoms with E-state index in [-0.39, 0.29) is 35.8 Å². The summed E-state index contributed by atoms with van der Waals surface area (Å²) in [6, 6.07) is 7.84. The molecule has 0 spiro atoms. The molecule has 39 heavy (non-hydrogen) atoms. The highest BCUT2D eigenvalue weighted by molar-refractivity contribution is 5.96. The molecular weight excluding hydrogens is 508 g/mol. The van der Waals surface area contributed by atoms with Crippen LogP contribution in [0, 0.1) is 17.6 Å². The summed E-state index contributed by atoms with van der Waals surface area (Å²) in [5.74, 6) is -2.81. The molecule has 0 unspecified atom stereocenters. The molecule has 0 aliphatic carbocycles. The van der Waals surface area contributed by atoms with Crippen LogP contribution in [0.4, 0.5) is 8.78 Å². The fraction of sp³-hybridized carbons (Fsp3) is 0.533. The van der Waals surface area contributed by atoms with Crippen molar-refractivity contribution in [3.05, 3.63) is 64.7 Å². The Bertz CT molecular complexity index is 1210. The number of fused-ring (bicyclic) bond motifs is 3. The van der Waals surface area contributed by atoms with Crippen LogP contribution in [0.15, 0.2) is 36.4 Å². The number of amides is 1. The maximum absolute atomic E-state index is 13.7. The van der Waals surface area contributed by atoms with Crippen LogP contribution in [0.3, 0.4) is 0 Å². The van der Waals surface area contributed by atoms with Gasteiger partial charge in [-0.15, -0.1) is 0 Å². The minimum absolute atomic E-state index is 0.0172. The molecule has 0 saturated carbocycles. The first kappa shape index (κ1) is 29.0. The minimum Gasteiger partial charge on any atom is -0.487 e. The molecule has 2 aliphatic heterocycles. The number of aliphatic hydroxyl groups is 1. The van der Waals surface area contributed by atoms with Crippen molar-refractivity contribution in [1.82, 2.24) is 4.90 Å². The van der Waals surface area contributed by atoms with Gasteiger partial charge >= 0.3 is 5.97 Å². The molecule has 2 aromatic carbocycles. The van der Waals surface area contributed by atoms with E-state index in [4.69, 9.17) is 9.47 Å². The molecule has 2 aromatic rings. The van der Waals surface area contributed by atoms with Crippen LogP contribution < -0.4 is 4.74 Å². The molecule has 1 amide bonds. The minimum atomic E-state index is -1.24. The van der Waals surface area contributed by atoms with Gasteiger partial charge in [-0.2, -0.15) is 0 Å². The quantitative estimate of drug-likeness (QED) is 0.423. The summed E-state index contributed by atoms with van der Waals surface area (Å²) >= 11 is 0. The van der Waals surface area contributed by atoms with E-state index >= 15 is 0 Å². The Morgan fingerprint density at radius 3 is 2.46 bits per heavy atom. The number of carbonyl (C=O) groups is 2. The van der Waals surface area contributed by atoms with E-state index in [1.807, 2.05) is 6.92 Å². The first-order valence-electron chi connectivity index (χ1n) is 13.4. The first-order valence-corrected chi connectivity index (χ1v) is 13.4. The molecule has 2 aliphatic rings. The van der Waals surface area contributed by atoms with Crippen LogP contribution in [0.2, 0.25) is 0 Å². The van der Waals surface area contributed by atoms with Gasteiger partial charge < -0.3 is 24.6 Å². The van der Waals surface area contributed by atoms with Gasteiger partial charge in [-0.3, -0.25) is 9.59 Å². The van der Waals surface area contributed by atoms with Crippen molar-refractivity contribution < 1.29 is 38.1 Å². The van der Waals surface area contributed by atoms with Crippen molar-refractivity contribution in [3.8, 4) is 5.75 Å². The number of rotatable bonds is 9. The molecule has 4 atom stereocenters. The molecule has 212 valence electrons. The summed E-state index contributed by atoms with van der Waals surface area (Å²) in [4.78, 5) is 26.1. The van der Waals surface area contributed by atoms with E-state index in [9.17, 15) is 28.6 Å². The normalized spacial score (nSPS) is 24.3. The monoisotopic (exact) mass is 545 g/mol. The lowest BCUT2D eigenvalue weighted by Crippen LogP contribution is -2.50. The fourth-order valence-electron chi connectivity index (χ4n) is 5.79. The number of aliphatic carboxylic acids is 1. The second kappa shape index (κ2) is 11.2. The third-order valence-electron chi connectivity index (χ3n) is 7.69. The zero-order chi connectivity index (χ0) is 28.5. The van der Waals surface area contributed by atoms with Gasteiger partial charge in [0.25, 0.3) is 5.91 Å². The molecule has 2 N–H and O–H groups in total. The largest absolute Gasteiger partial charge is 0.487 e. The van der Waals surface area contributed by atoms with E-state index in [1.165, 1.54) is 0 Å². The molecule has 9 heteroatoms. The van der Waals surface area contributed by atoms with Gasteiger partial charge in [-0.05, 0) is 95.7 Å². The van der Waals surface area contributed by atoms with Crippen LogP contribution in [-0.2, 0) is 16.1 Å². The lowest BCUT2D eigenvalue weighted by Gasteiger charge is -2.50. The highest BCUT2D eigenvalue weighted by Gasteiger charge is 2.49. The van der Waals surface area contributed by atoms with Crippen molar-refractivity contribution in [2.24, 2.45) is 5.92 Å². The van der Waals surface area contributed by atoms with Crippen LogP contribution in [-0.4, -0.2) is 50.8 Å². The molecule has 0 radical (unpaired) electrons. The summed E-state index contributed by atoms with van der Waals surface area (Å²) in [7, 11) is 0. The molecule has 1 saturated heterocycles. The van der Waals surface area contributed by atoms with Crippen molar-refractivity contribution >= 4 is 11.9 Å². The number of carboxylic acid groups (broad SMARTS) is 1. The van der Waals surface area contributed by atoms with E-state index in [0.29, 0.717) is 12.2 Å². The van der Waals surface area contributed by atoms with Crippen molar-refractivity contribution in [2.45, 2.75) is 89.8 Å². The van der Waals surface area contributed by atoms with Gasteiger partial charge in [0.15, 0.2) is 0 Å². The van der Waals surface area contributed by atoms with Gasteiger partial charge in [0.2, 0.25) is 0 Å². The van der Waals surface area contributed by atoms with Crippen LogP contribution in [0.25, 0.3) is 0 Å². The van der Waals surface area contributed by atoms with Crippen molar-refractivity contribution in [3.63, 3.8) is 0 Å². The SMILES string of the molecule is C[C@@H]1CC[C@@H]2[C@@H](O1)c1cc(C(=O)N(CC(=O)O)Cc3cc(F)cc(F)c3)ccc1O[C@@]2(C)CCCC(C)(C)O.